The van der Waals surface area contributed by atoms with Gasteiger partial charge < -0.3 is 0 Å². The van der Waals surface area contributed by atoms with Crippen LogP contribution in [0.25, 0.3) is 0 Å². The Bertz CT molecular complexity index is 564. The molecule has 1 nitrogen and oxygen atoms in total. The Labute approximate surface area is 114 Å². The van der Waals surface area contributed by atoms with Gasteiger partial charge in [-0.3, -0.25) is 4.21 Å². The van der Waals surface area contributed by atoms with Crippen molar-refractivity contribution in [2.75, 3.05) is 0 Å². The number of benzene rings is 2. The molecule has 1 atom stereocenters. The third-order valence-corrected chi connectivity index (χ3v) is 4.15. The Kier molecular flexibility index (Phi) is 4.24. The van der Waals surface area contributed by atoms with E-state index in [-0.39, 0.29) is 17.4 Å². The number of rotatable bonds is 3. The molecular weight excluding hydrogens is 322 g/mol. The first-order valence-electron chi connectivity index (χ1n) is 5.13. The fourth-order valence-electron chi connectivity index (χ4n) is 1.52. The van der Waals surface area contributed by atoms with E-state index in [1.165, 1.54) is 36.4 Å². The second-order valence-electron chi connectivity index (χ2n) is 3.72. The highest BCUT2D eigenvalue weighted by Crippen LogP contribution is 2.18. The van der Waals surface area contributed by atoms with Crippen molar-refractivity contribution >= 4 is 26.7 Å². The van der Waals surface area contributed by atoms with E-state index >= 15 is 0 Å². The zero-order valence-corrected chi connectivity index (χ0v) is 11.6. The molecule has 0 aliphatic rings. The van der Waals surface area contributed by atoms with E-state index in [4.69, 9.17) is 0 Å². The van der Waals surface area contributed by atoms with Crippen LogP contribution in [0.3, 0.4) is 0 Å². The Morgan fingerprint density at radius 3 is 2.28 bits per heavy atom. The van der Waals surface area contributed by atoms with Gasteiger partial charge >= 0.3 is 0 Å². The summed E-state index contributed by atoms with van der Waals surface area (Å²) in [5.41, 5.74) is 0.629. The summed E-state index contributed by atoms with van der Waals surface area (Å²) in [4.78, 5) is 0.525. The molecule has 0 amide bonds. The molecule has 0 bridgehead atoms. The third-order valence-electron chi connectivity index (χ3n) is 2.30. The van der Waals surface area contributed by atoms with E-state index in [0.717, 1.165) is 0 Å². The fraction of sp³-hybridized carbons (Fsp3) is 0.0769. The van der Waals surface area contributed by atoms with Gasteiger partial charge in [0.05, 0.1) is 16.6 Å². The summed E-state index contributed by atoms with van der Waals surface area (Å²) in [5, 5.41) is 0. The second-order valence-corrected chi connectivity index (χ2v) is 6.09. The van der Waals surface area contributed by atoms with Crippen molar-refractivity contribution in [2.24, 2.45) is 0 Å². The van der Waals surface area contributed by atoms with Crippen molar-refractivity contribution < 1.29 is 13.0 Å². The van der Waals surface area contributed by atoms with Gasteiger partial charge in [0, 0.05) is 9.37 Å². The van der Waals surface area contributed by atoms with Crippen LogP contribution in [0.15, 0.2) is 51.8 Å². The molecule has 1 unspecified atom stereocenters. The molecular formula is C13H9BrF2OS. The van der Waals surface area contributed by atoms with Crippen LogP contribution in [0.5, 0.6) is 0 Å². The quantitative estimate of drug-likeness (QED) is 0.830. The molecule has 0 saturated carbocycles. The summed E-state index contributed by atoms with van der Waals surface area (Å²) in [5.74, 6) is -0.554. The fourth-order valence-corrected chi connectivity index (χ4v) is 3.10. The van der Waals surface area contributed by atoms with Gasteiger partial charge in [0.15, 0.2) is 0 Å². The van der Waals surface area contributed by atoms with E-state index in [9.17, 15) is 13.0 Å². The summed E-state index contributed by atoms with van der Waals surface area (Å²) in [6, 6.07) is 9.85. The minimum atomic E-state index is -1.31. The first-order valence-corrected chi connectivity index (χ1v) is 7.25. The molecule has 18 heavy (non-hydrogen) atoms. The summed E-state index contributed by atoms with van der Waals surface area (Å²) in [6.07, 6.45) is 0. The molecule has 0 aliphatic heterocycles. The van der Waals surface area contributed by atoms with Crippen molar-refractivity contribution in [3.05, 3.63) is 64.1 Å². The first kappa shape index (κ1) is 13.4. The first-order chi connectivity index (χ1) is 8.54. The van der Waals surface area contributed by atoms with Gasteiger partial charge in [-0.25, -0.2) is 8.78 Å². The van der Waals surface area contributed by atoms with Crippen molar-refractivity contribution in [3.63, 3.8) is 0 Å². The van der Waals surface area contributed by atoms with Gasteiger partial charge in [-0.1, -0.05) is 15.9 Å². The van der Waals surface area contributed by atoms with Crippen LogP contribution in [0.2, 0.25) is 0 Å². The van der Waals surface area contributed by atoms with Crippen LogP contribution >= 0.6 is 15.9 Å². The Balaban J connectivity index is 2.18. The molecule has 94 valence electrons. The predicted octanol–water partition coefficient (Wildman–Crippen LogP) is 4.04. The van der Waals surface area contributed by atoms with Crippen LogP contribution in [-0.2, 0) is 16.6 Å². The molecule has 2 aromatic rings. The standard InChI is InChI=1S/C13H9BrF2OS/c14-10-5-9(6-12(16)7-10)8-18(17)13-3-1-11(15)2-4-13/h1-7H,8H2. The van der Waals surface area contributed by atoms with Gasteiger partial charge in [0.2, 0.25) is 0 Å². The lowest BCUT2D eigenvalue weighted by molar-refractivity contribution is 0.625. The SMILES string of the molecule is O=S(Cc1cc(F)cc(Br)c1)c1ccc(F)cc1. The summed E-state index contributed by atoms with van der Waals surface area (Å²) < 4.78 is 38.5. The number of halogens is 3. The van der Waals surface area contributed by atoms with E-state index in [2.05, 4.69) is 15.9 Å². The Morgan fingerprint density at radius 1 is 1.00 bits per heavy atom. The highest BCUT2D eigenvalue weighted by Gasteiger charge is 2.07. The smallest absolute Gasteiger partial charge is 0.124 e. The number of hydrogen-bond donors (Lipinski definition) is 0. The monoisotopic (exact) mass is 330 g/mol. The third kappa shape index (κ3) is 3.46. The topological polar surface area (TPSA) is 17.1 Å². The van der Waals surface area contributed by atoms with E-state index in [1.807, 2.05) is 0 Å². The van der Waals surface area contributed by atoms with Crippen LogP contribution in [0.1, 0.15) is 5.56 Å². The minimum Gasteiger partial charge on any atom is -0.254 e. The minimum absolute atomic E-state index is 0.196. The van der Waals surface area contributed by atoms with E-state index in [1.54, 1.807) is 6.07 Å². The molecule has 0 fully saturated rings. The van der Waals surface area contributed by atoms with Gasteiger partial charge in [-0.2, -0.15) is 0 Å². The van der Waals surface area contributed by atoms with Crippen LogP contribution in [0, 0.1) is 11.6 Å². The van der Waals surface area contributed by atoms with Crippen LogP contribution < -0.4 is 0 Å². The maximum Gasteiger partial charge on any atom is 0.124 e. The van der Waals surface area contributed by atoms with Gasteiger partial charge in [-0.15, -0.1) is 0 Å². The lowest BCUT2D eigenvalue weighted by Crippen LogP contribution is -1.97. The molecule has 2 rings (SSSR count). The summed E-state index contributed by atoms with van der Waals surface area (Å²) in [7, 11) is -1.31. The molecule has 0 saturated heterocycles. The summed E-state index contributed by atoms with van der Waals surface area (Å²) >= 11 is 3.18. The summed E-state index contributed by atoms with van der Waals surface area (Å²) in [6.45, 7) is 0. The highest BCUT2D eigenvalue weighted by atomic mass is 79.9. The molecule has 2 aromatic carbocycles. The molecule has 0 radical (unpaired) electrons. The average molecular weight is 331 g/mol. The molecule has 0 aromatic heterocycles. The molecule has 0 spiro atoms. The lowest BCUT2D eigenvalue weighted by Gasteiger charge is -2.04. The van der Waals surface area contributed by atoms with E-state index in [0.29, 0.717) is 14.9 Å². The number of hydrogen-bond acceptors (Lipinski definition) is 1. The second kappa shape index (κ2) is 5.71. The van der Waals surface area contributed by atoms with Crippen LogP contribution in [0.4, 0.5) is 8.78 Å². The van der Waals surface area contributed by atoms with Crippen molar-refractivity contribution in [1.82, 2.24) is 0 Å². The largest absolute Gasteiger partial charge is 0.254 e. The van der Waals surface area contributed by atoms with Crippen molar-refractivity contribution in [1.29, 1.82) is 0 Å². The van der Waals surface area contributed by atoms with Crippen LogP contribution in [-0.4, -0.2) is 4.21 Å². The Morgan fingerprint density at radius 2 is 1.67 bits per heavy atom. The molecule has 0 heterocycles. The van der Waals surface area contributed by atoms with Gasteiger partial charge in [0.1, 0.15) is 11.6 Å². The lowest BCUT2D eigenvalue weighted by atomic mass is 10.2. The molecule has 0 aliphatic carbocycles. The van der Waals surface area contributed by atoms with E-state index < -0.39 is 10.8 Å². The zero-order chi connectivity index (χ0) is 13.1. The molecule has 0 N–H and O–H groups in total. The predicted molar refractivity (Wildman–Crippen MR) is 70.6 cm³/mol. The van der Waals surface area contributed by atoms with Gasteiger partial charge in [0.25, 0.3) is 0 Å². The highest BCUT2D eigenvalue weighted by molar-refractivity contribution is 9.10. The van der Waals surface area contributed by atoms with Crippen molar-refractivity contribution in [3.8, 4) is 0 Å². The Hall–Kier alpha value is -1.07. The zero-order valence-electron chi connectivity index (χ0n) is 9.20. The van der Waals surface area contributed by atoms with Gasteiger partial charge in [-0.05, 0) is 48.0 Å². The van der Waals surface area contributed by atoms with Crippen molar-refractivity contribution in [2.45, 2.75) is 10.6 Å². The molecule has 5 heteroatoms. The maximum absolute atomic E-state index is 13.2. The maximum atomic E-state index is 13.2. The average Bonchev–Trinajstić information content (AvgIpc) is 2.28. The normalized spacial score (nSPS) is 12.4.